The van der Waals surface area contributed by atoms with Gasteiger partial charge in [0.15, 0.2) is 0 Å². The van der Waals surface area contributed by atoms with Gasteiger partial charge in [-0.15, -0.1) is 0 Å². The third-order valence-electron chi connectivity index (χ3n) is 5.44. The Balaban J connectivity index is 1.68. The lowest BCUT2D eigenvalue weighted by atomic mass is 10.0. The number of carboxylic acid groups (broad SMARTS) is 1. The first-order chi connectivity index (χ1) is 12.1. The number of carboxylic acids is 1. The molecule has 138 valence electrons. The zero-order chi connectivity index (χ0) is 17.8. The molecule has 2 aliphatic heterocycles. The highest BCUT2D eigenvalue weighted by Gasteiger charge is 2.34. The van der Waals surface area contributed by atoms with Crippen LogP contribution >= 0.6 is 0 Å². The molecule has 2 N–H and O–H groups in total. The Kier molecular flexibility index (Phi) is 5.70. The molecular formula is C17H27N5O3. The van der Waals surface area contributed by atoms with Crippen LogP contribution in [0, 0.1) is 5.92 Å². The number of carbonyl (C=O) groups excluding carboxylic acids is 1. The molecule has 1 aromatic rings. The van der Waals surface area contributed by atoms with Crippen molar-refractivity contribution >= 4 is 11.9 Å². The van der Waals surface area contributed by atoms with Gasteiger partial charge < -0.3 is 14.9 Å². The van der Waals surface area contributed by atoms with Gasteiger partial charge in [-0.2, -0.15) is 5.10 Å². The molecule has 0 bridgehead atoms. The summed E-state index contributed by atoms with van der Waals surface area (Å²) >= 11 is 0. The van der Waals surface area contributed by atoms with Gasteiger partial charge in [-0.05, 0) is 38.5 Å². The number of aliphatic carboxylic acids is 1. The van der Waals surface area contributed by atoms with Gasteiger partial charge in [-0.3, -0.25) is 19.6 Å². The van der Waals surface area contributed by atoms with Gasteiger partial charge in [0.05, 0.1) is 5.92 Å². The van der Waals surface area contributed by atoms with Crippen molar-refractivity contribution < 1.29 is 14.7 Å². The van der Waals surface area contributed by atoms with Crippen LogP contribution in [0.4, 0.5) is 0 Å². The number of amides is 1. The summed E-state index contributed by atoms with van der Waals surface area (Å²) in [6.45, 7) is 7.40. The van der Waals surface area contributed by atoms with Crippen LogP contribution in [0.1, 0.15) is 30.3 Å². The van der Waals surface area contributed by atoms with E-state index < -0.39 is 11.9 Å². The smallest absolute Gasteiger partial charge is 0.309 e. The van der Waals surface area contributed by atoms with Gasteiger partial charge in [0.1, 0.15) is 5.69 Å². The Morgan fingerprint density at radius 2 is 2.00 bits per heavy atom. The maximum absolute atomic E-state index is 12.6. The van der Waals surface area contributed by atoms with E-state index in [-0.39, 0.29) is 12.5 Å². The van der Waals surface area contributed by atoms with Crippen LogP contribution in [0.2, 0.25) is 0 Å². The average molecular weight is 349 g/mol. The highest BCUT2D eigenvalue weighted by atomic mass is 16.4. The molecule has 3 heterocycles. The van der Waals surface area contributed by atoms with Crippen LogP contribution < -0.4 is 0 Å². The number of hydrogen-bond donors (Lipinski definition) is 2. The molecule has 0 radical (unpaired) electrons. The topological polar surface area (TPSA) is 92.8 Å². The molecule has 8 heteroatoms. The van der Waals surface area contributed by atoms with E-state index in [4.69, 9.17) is 0 Å². The lowest BCUT2D eigenvalue weighted by molar-refractivity contribution is -0.142. The molecule has 8 nitrogen and oxygen atoms in total. The molecule has 25 heavy (non-hydrogen) atoms. The number of nitrogens with one attached hydrogen (secondary N) is 1. The average Bonchev–Trinajstić information content (AvgIpc) is 3.07. The number of hydrogen-bond acceptors (Lipinski definition) is 5. The molecule has 0 aliphatic carbocycles. The predicted octanol–water partition coefficient (Wildman–Crippen LogP) is 0.353. The minimum atomic E-state index is -0.833. The zero-order valence-corrected chi connectivity index (χ0v) is 14.7. The molecule has 3 rings (SSSR count). The Morgan fingerprint density at radius 1 is 1.24 bits per heavy atom. The maximum Gasteiger partial charge on any atom is 0.309 e. The van der Waals surface area contributed by atoms with Crippen molar-refractivity contribution in [2.45, 2.75) is 25.8 Å². The summed E-state index contributed by atoms with van der Waals surface area (Å²) in [5.74, 6) is -1.56. The maximum atomic E-state index is 12.6. The SMILES string of the molecule is CCN1CCC(N2CCN(C(=O)c3ccn[nH]3)C[C@@H](C(=O)O)C2)CC1. The first-order valence-corrected chi connectivity index (χ1v) is 9.06. The van der Waals surface area contributed by atoms with Crippen molar-refractivity contribution in [3.63, 3.8) is 0 Å². The van der Waals surface area contributed by atoms with Crippen LogP contribution in [-0.4, -0.2) is 93.7 Å². The fourth-order valence-electron chi connectivity index (χ4n) is 3.86. The molecular weight excluding hydrogens is 322 g/mol. The molecule has 0 aromatic carbocycles. The summed E-state index contributed by atoms with van der Waals surface area (Å²) in [4.78, 5) is 30.6. The van der Waals surface area contributed by atoms with Crippen molar-refractivity contribution in [3.05, 3.63) is 18.0 Å². The van der Waals surface area contributed by atoms with Gasteiger partial charge in [0.25, 0.3) is 5.91 Å². The van der Waals surface area contributed by atoms with Gasteiger partial charge >= 0.3 is 5.97 Å². The van der Waals surface area contributed by atoms with Crippen LogP contribution in [0.5, 0.6) is 0 Å². The Hall–Kier alpha value is -1.93. The summed E-state index contributed by atoms with van der Waals surface area (Å²) in [5.41, 5.74) is 0.411. The summed E-state index contributed by atoms with van der Waals surface area (Å²) in [6.07, 6.45) is 3.66. The number of rotatable bonds is 4. The van der Waals surface area contributed by atoms with Gasteiger partial charge in [-0.25, -0.2) is 0 Å². The lowest BCUT2D eigenvalue weighted by Gasteiger charge is -2.38. The van der Waals surface area contributed by atoms with E-state index in [0.717, 1.165) is 39.0 Å². The van der Waals surface area contributed by atoms with Crippen molar-refractivity contribution in [2.24, 2.45) is 5.92 Å². The monoisotopic (exact) mass is 349 g/mol. The van der Waals surface area contributed by atoms with Gasteiger partial charge in [0.2, 0.25) is 0 Å². The number of carbonyl (C=O) groups is 2. The largest absolute Gasteiger partial charge is 0.481 e. The van der Waals surface area contributed by atoms with Crippen LogP contribution in [0.3, 0.4) is 0 Å². The van der Waals surface area contributed by atoms with Gasteiger partial charge in [-0.1, -0.05) is 6.92 Å². The molecule has 2 fully saturated rings. The van der Waals surface area contributed by atoms with Crippen molar-refractivity contribution in [1.82, 2.24) is 24.9 Å². The standard InChI is InChI=1S/C17H27N5O3/c1-2-20-7-4-14(5-8-20)21-9-10-22(12-13(11-21)17(24)25)16(23)15-3-6-18-19-15/h3,6,13-14H,2,4-5,7-12H2,1H3,(H,18,19)(H,24,25)/t13-/m0/s1. The number of H-pyrrole nitrogens is 1. The number of aromatic amines is 1. The number of piperidine rings is 1. The lowest BCUT2D eigenvalue weighted by Crippen LogP contribution is -2.47. The minimum absolute atomic E-state index is 0.175. The van der Waals surface area contributed by atoms with Crippen molar-refractivity contribution in [1.29, 1.82) is 0 Å². The zero-order valence-electron chi connectivity index (χ0n) is 14.7. The molecule has 0 unspecified atom stereocenters. The molecule has 2 aliphatic rings. The molecule has 1 atom stereocenters. The summed E-state index contributed by atoms with van der Waals surface area (Å²) in [5, 5.41) is 16.1. The predicted molar refractivity (Wildman–Crippen MR) is 92.3 cm³/mol. The first kappa shape index (κ1) is 17.9. The Labute approximate surface area is 147 Å². The van der Waals surface area contributed by atoms with Crippen LogP contribution in [0.25, 0.3) is 0 Å². The van der Waals surface area contributed by atoms with E-state index in [2.05, 4.69) is 26.9 Å². The second-order valence-electron chi connectivity index (χ2n) is 6.92. The third kappa shape index (κ3) is 4.19. The van der Waals surface area contributed by atoms with Gasteiger partial charge in [0, 0.05) is 38.4 Å². The number of nitrogens with zero attached hydrogens (tertiary/aromatic N) is 4. The summed E-state index contributed by atoms with van der Waals surface area (Å²) in [7, 11) is 0. The summed E-state index contributed by atoms with van der Waals surface area (Å²) < 4.78 is 0. The molecule has 2 saturated heterocycles. The number of likely N-dealkylation sites (tertiary alicyclic amines) is 1. The van der Waals surface area contributed by atoms with E-state index in [1.165, 1.54) is 6.20 Å². The fourth-order valence-corrected chi connectivity index (χ4v) is 3.86. The van der Waals surface area contributed by atoms with Crippen molar-refractivity contribution in [2.75, 3.05) is 45.8 Å². The second kappa shape index (κ2) is 7.97. The fraction of sp³-hybridized carbons (Fsp3) is 0.706. The van der Waals surface area contributed by atoms with E-state index in [0.29, 0.717) is 24.8 Å². The van der Waals surface area contributed by atoms with Crippen molar-refractivity contribution in [3.8, 4) is 0 Å². The highest BCUT2D eigenvalue weighted by molar-refractivity contribution is 5.92. The van der Waals surface area contributed by atoms with E-state index in [9.17, 15) is 14.7 Å². The van der Waals surface area contributed by atoms with E-state index in [1.807, 2.05) is 0 Å². The van der Waals surface area contributed by atoms with E-state index >= 15 is 0 Å². The Bertz CT molecular complexity index is 583. The Morgan fingerprint density at radius 3 is 2.60 bits per heavy atom. The third-order valence-corrected chi connectivity index (χ3v) is 5.44. The minimum Gasteiger partial charge on any atom is -0.481 e. The second-order valence-corrected chi connectivity index (χ2v) is 6.92. The molecule has 1 amide bonds. The highest BCUT2D eigenvalue weighted by Crippen LogP contribution is 2.21. The molecule has 0 saturated carbocycles. The van der Waals surface area contributed by atoms with Crippen LogP contribution in [0.15, 0.2) is 12.3 Å². The molecule has 0 spiro atoms. The number of aromatic nitrogens is 2. The first-order valence-electron chi connectivity index (χ1n) is 9.06. The summed E-state index contributed by atoms with van der Waals surface area (Å²) in [6, 6.07) is 2.04. The normalized spacial score (nSPS) is 24.2. The quantitative estimate of drug-likeness (QED) is 0.815. The molecule has 1 aromatic heterocycles. The van der Waals surface area contributed by atoms with E-state index in [1.54, 1.807) is 11.0 Å². The van der Waals surface area contributed by atoms with Crippen LogP contribution in [-0.2, 0) is 4.79 Å².